The third-order valence-electron chi connectivity index (χ3n) is 6.18. The van der Waals surface area contributed by atoms with Gasteiger partial charge in [-0.25, -0.2) is 4.39 Å². The van der Waals surface area contributed by atoms with Crippen molar-refractivity contribution in [3.8, 4) is 5.75 Å². The SMILES string of the molecule is COc1ccc(CN2[C@@H]3CC[C@H]2CC(O)(c2ccc(F)cc2)C3)cc1CO. The number of hydrogen-bond acceptors (Lipinski definition) is 4. The summed E-state index contributed by atoms with van der Waals surface area (Å²) < 4.78 is 18.5. The van der Waals surface area contributed by atoms with Crippen molar-refractivity contribution in [2.24, 2.45) is 0 Å². The van der Waals surface area contributed by atoms with Crippen LogP contribution >= 0.6 is 0 Å². The monoisotopic (exact) mass is 371 g/mol. The molecule has 0 spiro atoms. The molecule has 2 N–H and O–H groups in total. The zero-order valence-corrected chi connectivity index (χ0v) is 15.6. The van der Waals surface area contributed by atoms with E-state index in [4.69, 9.17) is 4.74 Å². The van der Waals surface area contributed by atoms with Crippen LogP contribution in [-0.2, 0) is 18.8 Å². The van der Waals surface area contributed by atoms with Crippen molar-refractivity contribution < 1.29 is 19.3 Å². The lowest BCUT2D eigenvalue weighted by Gasteiger charge is -2.44. The Kier molecular flexibility index (Phi) is 4.93. The van der Waals surface area contributed by atoms with E-state index in [1.165, 1.54) is 12.1 Å². The van der Waals surface area contributed by atoms with E-state index in [2.05, 4.69) is 4.90 Å². The lowest BCUT2D eigenvalue weighted by molar-refractivity contribution is -0.0595. The zero-order chi connectivity index (χ0) is 19.0. The summed E-state index contributed by atoms with van der Waals surface area (Å²) in [5.41, 5.74) is 1.87. The first-order valence-electron chi connectivity index (χ1n) is 9.53. The number of piperidine rings is 1. The first kappa shape index (κ1) is 18.4. The molecule has 2 aromatic carbocycles. The van der Waals surface area contributed by atoms with E-state index >= 15 is 0 Å². The number of aliphatic hydroxyl groups excluding tert-OH is 1. The molecule has 3 atom stereocenters. The number of rotatable bonds is 5. The average molecular weight is 371 g/mol. The predicted molar refractivity (Wildman–Crippen MR) is 101 cm³/mol. The van der Waals surface area contributed by atoms with Gasteiger partial charge in [0.15, 0.2) is 0 Å². The molecular formula is C22H26FNO3. The van der Waals surface area contributed by atoms with Crippen molar-refractivity contribution in [1.29, 1.82) is 0 Å². The summed E-state index contributed by atoms with van der Waals surface area (Å²) in [6.07, 6.45) is 3.46. The smallest absolute Gasteiger partial charge is 0.124 e. The van der Waals surface area contributed by atoms with Crippen LogP contribution in [0, 0.1) is 5.82 Å². The maximum absolute atomic E-state index is 13.2. The van der Waals surface area contributed by atoms with Gasteiger partial charge in [-0.2, -0.15) is 0 Å². The first-order chi connectivity index (χ1) is 13.0. The zero-order valence-electron chi connectivity index (χ0n) is 15.6. The molecule has 27 heavy (non-hydrogen) atoms. The molecule has 0 amide bonds. The molecule has 0 saturated carbocycles. The number of nitrogens with zero attached hydrogens (tertiary/aromatic N) is 1. The van der Waals surface area contributed by atoms with Crippen LogP contribution in [0.5, 0.6) is 5.75 Å². The van der Waals surface area contributed by atoms with Crippen molar-refractivity contribution in [2.45, 2.75) is 56.5 Å². The van der Waals surface area contributed by atoms with Gasteiger partial charge in [0.1, 0.15) is 11.6 Å². The largest absolute Gasteiger partial charge is 0.496 e. The summed E-state index contributed by atoms with van der Waals surface area (Å²) >= 11 is 0. The maximum atomic E-state index is 13.2. The van der Waals surface area contributed by atoms with E-state index in [0.29, 0.717) is 30.7 Å². The Morgan fingerprint density at radius 1 is 1.11 bits per heavy atom. The predicted octanol–water partition coefficient (Wildman–Crippen LogP) is 3.34. The summed E-state index contributed by atoms with van der Waals surface area (Å²) in [4.78, 5) is 2.47. The third-order valence-corrected chi connectivity index (χ3v) is 6.18. The fraction of sp³-hybridized carbons (Fsp3) is 0.455. The highest BCUT2D eigenvalue weighted by atomic mass is 19.1. The fourth-order valence-electron chi connectivity index (χ4n) is 4.83. The van der Waals surface area contributed by atoms with Crippen molar-refractivity contribution in [3.63, 3.8) is 0 Å². The average Bonchev–Trinajstić information content (AvgIpc) is 2.92. The molecule has 0 radical (unpaired) electrons. The molecule has 0 aliphatic carbocycles. The Morgan fingerprint density at radius 3 is 2.37 bits per heavy atom. The van der Waals surface area contributed by atoms with Crippen molar-refractivity contribution in [2.75, 3.05) is 7.11 Å². The fourth-order valence-corrected chi connectivity index (χ4v) is 4.83. The van der Waals surface area contributed by atoms with Gasteiger partial charge in [-0.1, -0.05) is 18.2 Å². The topological polar surface area (TPSA) is 52.9 Å². The second kappa shape index (κ2) is 7.23. The lowest BCUT2D eigenvalue weighted by atomic mass is 9.80. The molecule has 144 valence electrons. The summed E-state index contributed by atoms with van der Waals surface area (Å²) in [6, 6.07) is 12.8. The van der Waals surface area contributed by atoms with Crippen LogP contribution in [-0.4, -0.2) is 34.3 Å². The minimum Gasteiger partial charge on any atom is -0.496 e. The highest BCUT2D eigenvalue weighted by Crippen LogP contribution is 2.46. The molecule has 2 bridgehead atoms. The molecule has 1 unspecified atom stereocenters. The van der Waals surface area contributed by atoms with E-state index in [-0.39, 0.29) is 12.4 Å². The molecule has 2 aliphatic heterocycles. The number of fused-ring (bicyclic) bond motifs is 2. The second-order valence-corrected chi connectivity index (χ2v) is 7.81. The minimum atomic E-state index is -0.883. The summed E-state index contributed by atoms with van der Waals surface area (Å²) in [6.45, 7) is 0.750. The quantitative estimate of drug-likeness (QED) is 0.846. The molecule has 2 saturated heterocycles. The summed E-state index contributed by atoms with van der Waals surface area (Å²) in [7, 11) is 1.61. The van der Waals surface area contributed by atoms with E-state index in [1.807, 2.05) is 18.2 Å². The van der Waals surface area contributed by atoms with Crippen LogP contribution in [0.1, 0.15) is 42.4 Å². The number of benzene rings is 2. The van der Waals surface area contributed by atoms with Gasteiger partial charge in [0.2, 0.25) is 0 Å². The van der Waals surface area contributed by atoms with Crippen LogP contribution < -0.4 is 4.74 Å². The number of ether oxygens (including phenoxy) is 1. The summed E-state index contributed by atoms with van der Waals surface area (Å²) in [5, 5.41) is 20.8. The van der Waals surface area contributed by atoms with E-state index < -0.39 is 5.60 Å². The molecule has 5 heteroatoms. The first-order valence-corrected chi connectivity index (χ1v) is 9.53. The van der Waals surface area contributed by atoms with Gasteiger partial charge >= 0.3 is 0 Å². The van der Waals surface area contributed by atoms with Crippen LogP contribution in [0.15, 0.2) is 42.5 Å². The molecule has 4 nitrogen and oxygen atoms in total. The standard InChI is InChI=1S/C22H26FNO3/c1-27-21-9-2-15(10-16(21)14-25)13-24-19-7-8-20(24)12-22(26,11-19)17-3-5-18(23)6-4-17/h2-6,9-10,19-20,25-26H,7-8,11-14H2,1H3/t19-,20+,22?. The Bertz CT molecular complexity index is 794. The number of methoxy groups -OCH3 is 1. The Balaban J connectivity index is 1.52. The molecule has 2 heterocycles. The third kappa shape index (κ3) is 3.47. The van der Waals surface area contributed by atoms with Gasteiger partial charge in [-0.05, 0) is 61.1 Å². The van der Waals surface area contributed by atoms with Gasteiger partial charge in [-0.3, -0.25) is 4.90 Å². The van der Waals surface area contributed by atoms with Crippen LogP contribution in [0.3, 0.4) is 0 Å². The van der Waals surface area contributed by atoms with E-state index in [1.54, 1.807) is 19.2 Å². The van der Waals surface area contributed by atoms with Gasteiger partial charge in [-0.15, -0.1) is 0 Å². The van der Waals surface area contributed by atoms with Crippen LogP contribution in [0.4, 0.5) is 4.39 Å². The highest BCUT2D eigenvalue weighted by molar-refractivity contribution is 5.37. The van der Waals surface area contributed by atoms with Crippen molar-refractivity contribution >= 4 is 0 Å². The normalized spacial score (nSPS) is 27.7. The minimum absolute atomic E-state index is 0.0474. The number of aliphatic hydroxyl groups is 2. The number of halogens is 1. The van der Waals surface area contributed by atoms with Crippen molar-refractivity contribution in [1.82, 2.24) is 4.90 Å². The Hall–Kier alpha value is -1.95. The Labute approximate surface area is 159 Å². The van der Waals surface area contributed by atoms with Crippen molar-refractivity contribution in [3.05, 3.63) is 65.0 Å². The van der Waals surface area contributed by atoms with Gasteiger partial charge in [0.25, 0.3) is 0 Å². The summed E-state index contributed by atoms with van der Waals surface area (Å²) in [5.74, 6) is 0.426. The van der Waals surface area contributed by atoms with Gasteiger partial charge < -0.3 is 14.9 Å². The van der Waals surface area contributed by atoms with Gasteiger partial charge in [0.05, 0.1) is 19.3 Å². The lowest BCUT2D eigenvalue weighted by Crippen LogP contribution is -2.49. The van der Waals surface area contributed by atoms with Crippen LogP contribution in [0.25, 0.3) is 0 Å². The van der Waals surface area contributed by atoms with Gasteiger partial charge in [0, 0.05) is 24.2 Å². The molecular weight excluding hydrogens is 345 g/mol. The molecule has 4 rings (SSSR count). The maximum Gasteiger partial charge on any atom is 0.124 e. The van der Waals surface area contributed by atoms with E-state index in [9.17, 15) is 14.6 Å². The molecule has 2 fully saturated rings. The molecule has 2 aliphatic rings. The molecule has 2 aromatic rings. The second-order valence-electron chi connectivity index (χ2n) is 7.81. The highest BCUT2D eigenvalue weighted by Gasteiger charge is 2.48. The Morgan fingerprint density at radius 2 is 1.78 bits per heavy atom. The number of hydrogen-bond donors (Lipinski definition) is 2. The van der Waals surface area contributed by atoms with E-state index in [0.717, 1.165) is 36.1 Å². The molecule has 0 aromatic heterocycles. The van der Waals surface area contributed by atoms with Crippen LogP contribution in [0.2, 0.25) is 0 Å².